The zero-order valence-corrected chi connectivity index (χ0v) is 15.1. The van der Waals surface area contributed by atoms with Crippen LogP contribution in [0.2, 0.25) is 0 Å². The summed E-state index contributed by atoms with van der Waals surface area (Å²) < 4.78 is 6.18. The molecule has 4 nitrogen and oxygen atoms in total. The number of ether oxygens (including phenoxy) is 1. The highest BCUT2D eigenvalue weighted by Crippen LogP contribution is 2.35. The van der Waals surface area contributed by atoms with Crippen molar-refractivity contribution in [2.75, 3.05) is 46.4 Å². The van der Waals surface area contributed by atoms with E-state index in [4.69, 9.17) is 4.74 Å². The molecule has 4 atom stereocenters. The smallest absolute Gasteiger partial charge is 0.127 e. The molecule has 0 unspecified atom stereocenters. The van der Waals surface area contributed by atoms with Gasteiger partial charge in [0.1, 0.15) is 38.8 Å². The molecule has 2 fully saturated rings. The largest absolute Gasteiger partial charge is 0.385 e. The summed E-state index contributed by atoms with van der Waals surface area (Å²) in [6.07, 6.45) is 3.83. The van der Waals surface area contributed by atoms with Crippen molar-refractivity contribution in [2.45, 2.75) is 52.2 Å². The topological polar surface area (TPSA) is 38.3 Å². The van der Waals surface area contributed by atoms with Gasteiger partial charge < -0.3 is 19.6 Å². The molecule has 0 bridgehead atoms. The van der Waals surface area contributed by atoms with Gasteiger partial charge in [0.2, 0.25) is 0 Å². The van der Waals surface area contributed by atoms with Gasteiger partial charge in [0, 0.05) is 0 Å². The zero-order chi connectivity index (χ0) is 16.1. The van der Waals surface area contributed by atoms with Gasteiger partial charge in [0.25, 0.3) is 0 Å². The second kappa shape index (κ2) is 8.62. The third kappa shape index (κ3) is 5.48. The third-order valence-electron chi connectivity index (χ3n) is 5.80. The lowest BCUT2D eigenvalue weighted by atomic mass is 9.75. The Morgan fingerprint density at radius 3 is 2.45 bits per heavy atom. The second-order valence-corrected chi connectivity index (χ2v) is 8.26. The molecule has 2 aliphatic rings. The number of hydrogen-bond acceptors (Lipinski definition) is 2. The van der Waals surface area contributed by atoms with Gasteiger partial charge in [-0.1, -0.05) is 27.2 Å². The lowest BCUT2D eigenvalue weighted by Gasteiger charge is -2.37. The molecular formula is C18H38N2O2+2. The molecule has 0 spiro atoms. The number of nitrogens with one attached hydrogen (secondary N) is 2. The Morgan fingerprint density at radius 2 is 1.82 bits per heavy atom. The molecule has 2 rings (SSSR count). The highest BCUT2D eigenvalue weighted by molar-refractivity contribution is 4.81. The van der Waals surface area contributed by atoms with Crippen LogP contribution in [0.3, 0.4) is 0 Å². The molecule has 0 aromatic carbocycles. The Labute approximate surface area is 136 Å². The minimum atomic E-state index is -0.307. The van der Waals surface area contributed by atoms with E-state index in [1.54, 1.807) is 9.80 Å². The number of rotatable bonds is 6. The van der Waals surface area contributed by atoms with E-state index in [0.717, 1.165) is 12.5 Å². The van der Waals surface area contributed by atoms with E-state index < -0.39 is 0 Å². The van der Waals surface area contributed by atoms with Gasteiger partial charge in [-0.25, -0.2) is 0 Å². The Hall–Kier alpha value is -0.160. The van der Waals surface area contributed by atoms with Gasteiger partial charge >= 0.3 is 0 Å². The normalized spacial score (nSPS) is 38.2. The number of likely N-dealkylation sites (N-methyl/N-ethyl adjacent to an activating group) is 1. The van der Waals surface area contributed by atoms with Crippen LogP contribution in [0.4, 0.5) is 0 Å². The predicted octanol–water partition coefficient (Wildman–Crippen LogP) is -0.762. The number of hydrogen-bond donors (Lipinski definition) is 3. The van der Waals surface area contributed by atoms with Gasteiger partial charge in [0.15, 0.2) is 0 Å². The first-order chi connectivity index (χ1) is 10.5. The van der Waals surface area contributed by atoms with Gasteiger partial charge in [0.05, 0.1) is 19.8 Å². The summed E-state index contributed by atoms with van der Waals surface area (Å²) >= 11 is 0. The molecule has 22 heavy (non-hydrogen) atoms. The molecule has 0 aromatic heterocycles. The number of aliphatic hydroxyl groups excluding tert-OH is 1. The number of aliphatic hydroxyl groups is 1. The molecule has 130 valence electrons. The maximum Gasteiger partial charge on any atom is 0.127 e. The average Bonchev–Trinajstić information content (AvgIpc) is 2.47. The van der Waals surface area contributed by atoms with Crippen LogP contribution >= 0.6 is 0 Å². The molecule has 0 aromatic rings. The maximum atomic E-state index is 10.3. The lowest BCUT2D eigenvalue weighted by molar-refractivity contribution is -1.00. The highest BCUT2D eigenvalue weighted by Gasteiger charge is 2.32. The van der Waals surface area contributed by atoms with Crippen molar-refractivity contribution in [3.05, 3.63) is 0 Å². The summed E-state index contributed by atoms with van der Waals surface area (Å²) in [7, 11) is 2.26. The Kier molecular flexibility index (Phi) is 7.13. The van der Waals surface area contributed by atoms with E-state index in [2.05, 4.69) is 27.8 Å². The van der Waals surface area contributed by atoms with Crippen molar-refractivity contribution in [2.24, 2.45) is 17.8 Å². The van der Waals surface area contributed by atoms with Crippen LogP contribution in [0, 0.1) is 17.8 Å². The van der Waals surface area contributed by atoms with Gasteiger partial charge in [-0.3, -0.25) is 0 Å². The van der Waals surface area contributed by atoms with Crippen LogP contribution in [0.1, 0.15) is 40.0 Å². The van der Waals surface area contributed by atoms with Crippen LogP contribution in [0.5, 0.6) is 0 Å². The summed E-state index contributed by atoms with van der Waals surface area (Å²) in [6.45, 7) is 13.1. The fourth-order valence-electron chi connectivity index (χ4n) is 4.17. The van der Waals surface area contributed by atoms with Gasteiger partial charge in [-0.05, 0) is 30.6 Å². The quantitative estimate of drug-likeness (QED) is 0.603. The minimum Gasteiger partial charge on any atom is -0.385 e. The fourth-order valence-corrected chi connectivity index (χ4v) is 4.17. The van der Waals surface area contributed by atoms with Crippen LogP contribution in [-0.2, 0) is 4.74 Å². The summed E-state index contributed by atoms with van der Waals surface area (Å²) in [6, 6.07) is 0. The SMILES string of the molecule is CC(C)[C@H]1CC[C@@H](C)C[C@@H]1OC[C@H](O)C[NH+]1CC[NH+](C)CC1. The first-order valence-corrected chi connectivity index (χ1v) is 9.40. The van der Waals surface area contributed by atoms with Crippen molar-refractivity contribution in [1.82, 2.24) is 0 Å². The number of quaternary nitrogens is 2. The molecule has 3 N–H and O–H groups in total. The summed E-state index contributed by atoms with van der Waals surface area (Å²) in [4.78, 5) is 3.16. The predicted molar refractivity (Wildman–Crippen MR) is 89.3 cm³/mol. The first-order valence-electron chi connectivity index (χ1n) is 9.40. The van der Waals surface area contributed by atoms with Crippen LogP contribution in [0.15, 0.2) is 0 Å². The van der Waals surface area contributed by atoms with Crippen LogP contribution < -0.4 is 9.80 Å². The minimum absolute atomic E-state index is 0.307. The van der Waals surface area contributed by atoms with E-state index in [1.807, 2.05) is 0 Å². The van der Waals surface area contributed by atoms with Crippen LogP contribution in [-0.4, -0.2) is 63.7 Å². The molecule has 1 aliphatic carbocycles. The molecular weight excluding hydrogens is 276 g/mol. The van der Waals surface area contributed by atoms with Gasteiger partial charge in [-0.2, -0.15) is 0 Å². The van der Waals surface area contributed by atoms with Crippen molar-refractivity contribution >= 4 is 0 Å². The van der Waals surface area contributed by atoms with E-state index in [-0.39, 0.29) is 6.10 Å². The van der Waals surface area contributed by atoms with E-state index in [0.29, 0.717) is 24.5 Å². The first kappa shape index (κ1) is 18.2. The fraction of sp³-hybridized carbons (Fsp3) is 1.00. The van der Waals surface area contributed by atoms with E-state index in [1.165, 1.54) is 45.4 Å². The van der Waals surface area contributed by atoms with Crippen molar-refractivity contribution < 1.29 is 19.6 Å². The lowest BCUT2D eigenvalue weighted by Crippen LogP contribution is -3.27. The monoisotopic (exact) mass is 314 g/mol. The standard InChI is InChI=1S/C18H36N2O2/c1-14(2)17-6-5-15(3)11-18(17)22-13-16(21)12-20-9-7-19(4)8-10-20/h14-18,21H,5-13H2,1-4H3/p+2/t15-,16-,17-,18+/m1/s1. The summed E-state index contributed by atoms with van der Waals surface area (Å²) in [5.41, 5.74) is 0. The Bertz CT molecular complexity index is 316. The molecule has 1 aliphatic heterocycles. The zero-order valence-electron chi connectivity index (χ0n) is 15.1. The Balaban J connectivity index is 1.73. The maximum absolute atomic E-state index is 10.3. The second-order valence-electron chi connectivity index (χ2n) is 8.26. The molecule has 1 saturated carbocycles. The van der Waals surface area contributed by atoms with Gasteiger partial charge in [-0.15, -0.1) is 0 Å². The molecule has 1 saturated heterocycles. The summed E-state index contributed by atoms with van der Waals surface area (Å²) in [5, 5.41) is 10.3. The highest BCUT2D eigenvalue weighted by atomic mass is 16.5. The average molecular weight is 315 g/mol. The van der Waals surface area contributed by atoms with Crippen molar-refractivity contribution in [3.63, 3.8) is 0 Å². The Morgan fingerprint density at radius 1 is 1.14 bits per heavy atom. The number of piperazine rings is 1. The molecule has 0 radical (unpaired) electrons. The third-order valence-corrected chi connectivity index (χ3v) is 5.80. The van der Waals surface area contributed by atoms with E-state index >= 15 is 0 Å². The van der Waals surface area contributed by atoms with Crippen molar-refractivity contribution in [3.8, 4) is 0 Å². The molecule has 0 amide bonds. The van der Waals surface area contributed by atoms with E-state index in [9.17, 15) is 5.11 Å². The van der Waals surface area contributed by atoms with Crippen molar-refractivity contribution in [1.29, 1.82) is 0 Å². The van der Waals surface area contributed by atoms with Crippen LogP contribution in [0.25, 0.3) is 0 Å². The molecule has 1 heterocycles. The molecule has 4 heteroatoms. The summed E-state index contributed by atoms with van der Waals surface area (Å²) in [5.74, 6) is 2.12.